The van der Waals surface area contributed by atoms with E-state index in [0.29, 0.717) is 12.3 Å². The van der Waals surface area contributed by atoms with Crippen LogP contribution in [0.1, 0.15) is 43.9 Å². The minimum absolute atomic E-state index is 0.170. The molecule has 114 valence electrons. The molecule has 7 heteroatoms. The van der Waals surface area contributed by atoms with Crippen LogP contribution in [-0.4, -0.2) is 51.0 Å². The highest BCUT2D eigenvalue weighted by Crippen LogP contribution is 2.13. The highest BCUT2D eigenvalue weighted by molar-refractivity contribution is 5.88. The van der Waals surface area contributed by atoms with Gasteiger partial charge in [-0.3, -0.25) is 0 Å². The van der Waals surface area contributed by atoms with Crippen LogP contribution in [0.15, 0.2) is 0 Å². The Labute approximate surface area is 118 Å². The van der Waals surface area contributed by atoms with Gasteiger partial charge < -0.3 is 14.6 Å². The van der Waals surface area contributed by atoms with Gasteiger partial charge in [0.1, 0.15) is 5.60 Å². The maximum atomic E-state index is 11.9. The van der Waals surface area contributed by atoms with Crippen LogP contribution in [0.25, 0.3) is 0 Å². The van der Waals surface area contributed by atoms with E-state index >= 15 is 0 Å². The highest BCUT2D eigenvalue weighted by atomic mass is 16.6. The largest absolute Gasteiger partial charge is 0.455 e. The number of nitrogens with zero attached hydrogens (tertiary/aromatic N) is 3. The number of esters is 1. The predicted molar refractivity (Wildman–Crippen MR) is 72.4 cm³/mol. The fraction of sp³-hybridized carbons (Fsp3) is 0.769. The molecule has 1 atom stereocenters. The summed E-state index contributed by atoms with van der Waals surface area (Å²) in [6.45, 7) is 9.92. The van der Waals surface area contributed by atoms with Crippen molar-refractivity contribution in [1.29, 1.82) is 0 Å². The summed E-state index contributed by atoms with van der Waals surface area (Å²) in [4.78, 5) is 11.9. The van der Waals surface area contributed by atoms with Gasteiger partial charge in [-0.25, -0.2) is 9.48 Å². The van der Waals surface area contributed by atoms with Crippen molar-refractivity contribution in [3.05, 3.63) is 11.4 Å². The topological polar surface area (TPSA) is 86.5 Å². The molecule has 1 aromatic heterocycles. The maximum absolute atomic E-state index is 11.9. The molecule has 7 nitrogen and oxygen atoms in total. The third-order valence-electron chi connectivity index (χ3n) is 2.47. The number of ether oxygens (including phenoxy) is 2. The summed E-state index contributed by atoms with van der Waals surface area (Å²) in [5, 5.41) is 17.4. The summed E-state index contributed by atoms with van der Waals surface area (Å²) >= 11 is 0. The lowest BCUT2D eigenvalue weighted by molar-refractivity contribution is 0.00614. The Bertz CT molecular complexity index is 451. The Hall–Kier alpha value is -1.47. The molecule has 0 saturated carbocycles. The van der Waals surface area contributed by atoms with Crippen LogP contribution in [0.4, 0.5) is 0 Å². The summed E-state index contributed by atoms with van der Waals surface area (Å²) in [5.74, 6) is -0.513. The molecule has 1 aromatic rings. The van der Waals surface area contributed by atoms with Gasteiger partial charge in [0.05, 0.1) is 24.9 Å². The molecule has 0 saturated heterocycles. The van der Waals surface area contributed by atoms with E-state index in [4.69, 9.17) is 9.47 Å². The Morgan fingerprint density at radius 2 is 2.10 bits per heavy atom. The molecule has 0 aliphatic carbocycles. The Morgan fingerprint density at radius 3 is 2.65 bits per heavy atom. The summed E-state index contributed by atoms with van der Waals surface area (Å²) < 4.78 is 11.8. The minimum Gasteiger partial charge on any atom is -0.455 e. The number of aliphatic hydroxyl groups is 1. The Balaban J connectivity index is 2.72. The number of carbonyl (C=O) groups excluding carboxylic acids is 1. The summed E-state index contributed by atoms with van der Waals surface area (Å²) in [6.07, 6.45) is -0.693. The molecular formula is C13H23N3O4. The Morgan fingerprint density at radius 1 is 1.45 bits per heavy atom. The monoisotopic (exact) mass is 285 g/mol. The minimum atomic E-state index is -0.693. The number of aromatic nitrogens is 3. The van der Waals surface area contributed by atoms with E-state index in [-0.39, 0.29) is 18.8 Å². The first-order valence-electron chi connectivity index (χ1n) is 6.63. The molecule has 20 heavy (non-hydrogen) atoms. The molecule has 1 rings (SSSR count). The van der Waals surface area contributed by atoms with E-state index in [2.05, 4.69) is 10.3 Å². The number of hydrogen-bond acceptors (Lipinski definition) is 6. The Kier molecular flexibility index (Phi) is 5.64. The lowest BCUT2D eigenvalue weighted by Crippen LogP contribution is -2.25. The van der Waals surface area contributed by atoms with E-state index in [1.165, 1.54) is 4.68 Å². The summed E-state index contributed by atoms with van der Waals surface area (Å²) in [5.41, 5.74) is 0.153. The number of hydrogen-bond donors (Lipinski definition) is 1. The molecule has 0 radical (unpaired) electrons. The first-order chi connectivity index (χ1) is 9.24. The smallest absolute Gasteiger partial charge is 0.361 e. The molecule has 0 aliphatic rings. The van der Waals surface area contributed by atoms with Crippen molar-refractivity contribution in [3.63, 3.8) is 0 Å². The second-order valence-electron chi connectivity index (χ2n) is 5.52. The third-order valence-corrected chi connectivity index (χ3v) is 2.47. The van der Waals surface area contributed by atoms with E-state index in [1.807, 2.05) is 6.92 Å². The van der Waals surface area contributed by atoms with Crippen LogP contribution < -0.4 is 0 Å². The summed E-state index contributed by atoms with van der Waals surface area (Å²) in [7, 11) is 0. The van der Waals surface area contributed by atoms with Crippen LogP contribution in [-0.2, 0) is 16.0 Å². The molecule has 0 aliphatic heterocycles. The second-order valence-corrected chi connectivity index (χ2v) is 5.52. The zero-order valence-corrected chi connectivity index (χ0v) is 12.7. The van der Waals surface area contributed by atoms with Gasteiger partial charge in [0.25, 0.3) is 0 Å². The fourth-order valence-corrected chi connectivity index (χ4v) is 1.56. The van der Waals surface area contributed by atoms with Gasteiger partial charge in [0, 0.05) is 6.61 Å². The van der Waals surface area contributed by atoms with Gasteiger partial charge in [-0.05, 0) is 34.6 Å². The van der Waals surface area contributed by atoms with E-state index < -0.39 is 17.7 Å². The van der Waals surface area contributed by atoms with Crippen molar-refractivity contribution in [1.82, 2.24) is 15.0 Å². The van der Waals surface area contributed by atoms with Gasteiger partial charge in [0.15, 0.2) is 5.69 Å². The average molecular weight is 285 g/mol. The molecule has 0 amide bonds. The van der Waals surface area contributed by atoms with Crippen molar-refractivity contribution in [2.75, 3.05) is 13.2 Å². The molecular weight excluding hydrogens is 262 g/mol. The quantitative estimate of drug-likeness (QED) is 0.783. The number of rotatable bonds is 6. The van der Waals surface area contributed by atoms with Crippen molar-refractivity contribution < 1.29 is 19.4 Å². The van der Waals surface area contributed by atoms with E-state index in [1.54, 1.807) is 27.7 Å². The van der Waals surface area contributed by atoms with Crippen molar-refractivity contribution in [3.8, 4) is 0 Å². The number of carbonyl (C=O) groups is 1. The van der Waals surface area contributed by atoms with Crippen LogP contribution >= 0.6 is 0 Å². The van der Waals surface area contributed by atoms with Gasteiger partial charge in [-0.15, -0.1) is 5.10 Å². The lowest BCUT2D eigenvalue weighted by Gasteiger charge is -2.18. The van der Waals surface area contributed by atoms with Gasteiger partial charge in [0.2, 0.25) is 0 Å². The molecule has 1 heterocycles. The highest BCUT2D eigenvalue weighted by Gasteiger charge is 2.24. The molecule has 0 spiro atoms. The molecule has 0 aromatic carbocycles. The molecule has 0 fully saturated rings. The van der Waals surface area contributed by atoms with Crippen LogP contribution in [0.5, 0.6) is 0 Å². The van der Waals surface area contributed by atoms with Crippen LogP contribution in [0.3, 0.4) is 0 Å². The zero-order valence-electron chi connectivity index (χ0n) is 12.7. The zero-order chi connectivity index (χ0) is 15.3. The van der Waals surface area contributed by atoms with Gasteiger partial charge in [-0.1, -0.05) is 5.21 Å². The SMILES string of the molecule is CCOCC(O)Cn1nnc(C(=O)OC(C)(C)C)c1C. The van der Waals surface area contributed by atoms with Gasteiger partial charge in [-0.2, -0.15) is 0 Å². The fourth-order valence-electron chi connectivity index (χ4n) is 1.56. The van der Waals surface area contributed by atoms with Crippen LogP contribution in [0, 0.1) is 6.92 Å². The molecule has 1 N–H and O–H groups in total. The van der Waals surface area contributed by atoms with E-state index in [9.17, 15) is 9.90 Å². The van der Waals surface area contributed by atoms with Crippen molar-refractivity contribution in [2.45, 2.75) is 52.9 Å². The molecule has 1 unspecified atom stereocenters. The molecule has 0 bridgehead atoms. The summed E-state index contributed by atoms with van der Waals surface area (Å²) in [6, 6.07) is 0. The normalized spacial score (nSPS) is 13.3. The van der Waals surface area contributed by atoms with Gasteiger partial charge >= 0.3 is 5.97 Å². The van der Waals surface area contributed by atoms with Crippen molar-refractivity contribution >= 4 is 5.97 Å². The third kappa shape index (κ3) is 4.90. The van der Waals surface area contributed by atoms with Crippen molar-refractivity contribution in [2.24, 2.45) is 0 Å². The first kappa shape index (κ1) is 16.6. The van der Waals surface area contributed by atoms with E-state index in [0.717, 1.165) is 0 Å². The lowest BCUT2D eigenvalue weighted by atomic mass is 10.2. The standard InChI is InChI=1S/C13H23N3O4/c1-6-19-8-10(17)7-16-9(2)11(14-15-16)12(18)20-13(3,4)5/h10,17H,6-8H2,1-5H3. The predicted octanol–water partition coefficient (Wildman–Crippen LogP) is 0.939. The average Bonchev–Trinajstić information content (AvgIpc) is 2.66. The first-order valence-corrected chi connectivity index (χ1v) is 6.63. The second kappa shape index (κ2) is 6.81. The van der Waals surface area contributed by atoms with Crippen LogP contribution in [0.2, 0.25) is 0 Å². The number of aliphatic hydroxyl groups excluding tert-OH is 1. The maximum Gasteiger partial charge on any atom is 0.361 e.